The highest BCUT2D eigenvalue weighted by Crippen LogP contribution is 2.33. The normalized spacial score (nSPS) is 16.3. The predicted molar refractivity (Wildman–Crippen MR) is 131 cm³/mol. The minimum Gasteiger partial charge on any atom is -0.415 e. The summed E-state index contributed by atoms with van der Waals surface area (Å²) in [5.74, 6) is -0.384. The molecule has 184 valence electrons. The minimum atomic E-state index is -1.69. The molecule has 0 amide bonds. The van der Waals surface area contributed by atoms with E-state index in [1.54, 1.807) is 6.20 Å². The van der Waals surface area contributed by atoms with Gasteiger partial charge in [-0.05, 0) is 64.2 Å². The van der Waals surface area contributed by atoms with Crippen LogP contribution >= 0.6 is 0 Å². The minimum absolute atomic E-state index is 0.181. The van der Waals surface area contributed by atoms with E-state index in [0.717, 1.165) is 24.2 Å². The van der Waals surface area contributed by atoms with Crippen molar-refractivity contribution in [2.45, 2.75) is 59.7 Å². The lowest BCUT2D eigenvalue weighted by molar-refractivity contribution is 0.108. The van der Waals surface area contributed by atoms with Gasteiger partial charge in [-0.15, -0.1) is 10.2 Å². The van der Waals surface area contributed by atoms with Crippen molar-refractivity contribution in [3.05, 3.63) is 71.5 Å². The fourth-order valence-electron chi connectivity index (χ4n) is 3.63. The van der Waals surface area contributed by atoms with Crippen molar-refractivity contribution in [3.63, 3.8) is 0 Å². The molecule has 0 bridgehead atoms. The van der Waals surface area contributed by atoms with E-state index in [2.05, 4.69) is 76.7 Å². The number of aldehydes is 1. The number of hydrogen-bond acceptors (Lipinski definition) is 7. The van der Waals surface area contributed by atoms with Crippen LogP contribution in [0.4, 0.5) is 4.39 Å². The number of alkyl halides is 1. The molecule has 34 heavy (non-hydrogen) atoms. The average Bonchev–Trinajstić information content (AvgIpc) is 3.44. The highest BCUT2D eigenvalue weighted by molar-refractivity contribution is 5.66. The highest BCUT2D eigenvalue weighted by atomic mass is 19.1. The Morgan fingerprint density at radius 2 is 1.97 bits per heavy atom. The van der Waals surface area contributed by atoms with Crippen LogP contribution in [0, 0.1) is 6.92 Å². The molecule has 1 unspecified atom stereocenters. The molecular weight excluding hydrogens is 435 g/mol. The smallest absolute Gasteiger partial charge is 0.280 e. The summed E-state index contributed by atoms with van der Waals surface area (Å²) in [5.41, 5.74) is 4.36. The van der Waals surface area contributed by atoms with Gasteiger partial charge in [0.15, 0.2) is 5.67 Å². The number of pyridine rings is 1. The second-order valence-electron chi connectivity index (χ2n) is 8.32. The van der Waals surface area contributed by atoms with Crippen LogP contribution in [0.15, 0.2) is 52.9 Å². The van der Waals surface area contributed by atoms with Crippen molar-refractivity contribution in [1.82, 2.24) is 30.0 Å². The Labute approximate surface area is 200 Å². The molecule has 0 aliphatic carbocycles. The first-order valence-electron chi connectivity index (χ1n) is 11.4. The van der Waals surface area contributed by atoms with Gasteiger partial charge in [0, 0.05) is 24.9 Å². The van der Waals surface area contributed by atoms with E-state index < -0.39 is 5.67 Å². The van der Waals surface area contributed by atoms with Gasteiger partial charge in [-0.2, -0.15) is 5.10 Å². The van der Waals surface area contributed by atoms with E-state index in [4.69, 9.17) is 5.10 Å². The molecule has 0 fully saturated rings. The Morgan fingerprint density at radius 3 is 2.53 bits per heavy atom. The average molecular weight is 471 g/mol. The molecule has 0 aromatic carbocycles. The first-order valence-corrected chi connectivity index (χ1v) is 11.4. The quantitative estimate of drug-likeness (QED) is 0.517. The summed E-state index contributed by atoms with van der Waals surface area (Å²) in [6.07, 6.45) is 5.23. The maximum atomic E-state index is 13.0. The molecular formula is C25H35FN6O2. The van der Waals surface area contributed by atoms with Gasteiger partial charge < -0.3 is 9.73 Å². The molecule has 4 rings (SSSR count). The number of rotatable bonds is 5. The molecule has 3 aromatic rings. The van der Waals surface area contributed by atoms with Crippen LogP contribution in [-0.2, 0) is 5.67 Å². The number of carbonyl (C=O) groups is 1. The molecule has 9 heteroatoms. The molecule has 3 aromatic heterocycles. The topological polar surface area (TPSA) is 88.6 Å². The van der Waals surface area contributed by atoms with Crippen LogP contribution < -0.4 is 5.32 Å². The molecule has 1 atom stereocenters. The lowest BCUT2D eigenvalue weighted by Crippen LogP contribution is -2.34. The fourth-order valence-corrected chi connectivity index (χ4v) is 3.63. The van der Waals surface area contributed by atoms with Crippen LogP contribution in [0.25, 0.3) is 5.52 Å². The molecule has 1 aliphatic heterocycles. The number of nitrogens with one attached hydrogen (secondary N) is 1. The lowest BCUT2D eigenvalue weighted by atomic mass is 9.96. The van der Waals surface area contributed by atoms with Crippen molar-refractivity contribution in [1.29, 1.82) is 0 Å². The van der Waals surface area contributed by atoms with E-state index in [0.29, 0.717) is 6.29 Å². The first kappa shape index (κ1) is 26.9. The molecule has 0 radical (unpaired) electrons. The molecule has 1 N–H and O–H groups in total. The highest BCUT2D eigenvalue weighted by Gasteiger charge is 2.28. The van der Waals surface area contributed by atoms with E-state index in [-0.39, 0.29) is 17.8 Å². The van der Waals surface area contributed by atoms with E-state index in [1.165, 1.54) is 30.7 Å². The summed E-state index contributed by atoms with van der Waals surface area (Å²) in [6, 6.07) is 6.65. The van der Waals surface area contributed by atoms with Crippen molar-refractivity contribution in [3.8, 4) is 0 Å². The maximum absolute atomic E-state index is 13.0. The lowest BCUT2D eigenvalue weighted by Gasteiger charge is -2.34. The van der Waals surface area contributed by atoms with Crippen LogP contribution in [0.1, 0.15) is 74.9 Å². The molecule has 4 heterocycles. The Bertz CT molecular complexity index is 1140. The number of nitrogens with zero attached hydrogens (tertiary/aromatic N) is 5. The van der Waals surface area contributed by atoms with E-state index in [1.807, 2.05) is 18.4 Å². The van der Waals surface area contributed by atoms with Gasteiger partial charge in [-0.25, -0.2) is 8.91 Å². The molecule has 8 nitrogen and oxygen atoms in total. The van der Waals surface area contributed by atoms with Crippen LogP contribution in [-0.4, -0.2) is 44.6 Å². The van der Waals surface area contributed by atoms with Crippen LogP contribution in [0.3, 0.4) is 0 Å². The maximum Gasteiger partial charge on any atom is 0.280 e. The fraction of sp³-hybridized carbons (Fsp3) is 0.440. The Hall–Kier alpha value is -3.33. The van der Waals surface area contributed by atoms with Gasteiger partial charge in [-0.1, -0.05) is 26.5 Å². The van der Waals surface area contributed by atoms with Crippen molar-refractivity contribution < 1.29 is 13.6 Å². The zero-order valence-corrected chi connectivity index (χ0v) is 21.1. The van der Waals surface area contributed by atoms with E-state index in [9.17, 15) is 9.18 Å². The number of halogens is 1. The number of hydrogen-bond donors (Lipinski definition) is 1. The van der Waals surface area contributed by atoms with Crippen molar-refractivity contribution in [2.75, 3.05) is 13.6 Å². The van der Waals surface area contributed by atoms with Gasteiger partial charge in [0.1, 0.15) is 0 Å². The zero-order chi connectivity index (χ0) is 25.5. The monoisotopic (exact) mass is 470 g/mol. The second kappa shape index (κ2) is 11.7. The molecule has 0 saturated heterocycles. The second-order valence-corrected chi connectivity index (χ2v) is 8.32. The van der Waals surface area contributed by atoms with Gasteiger partial charge in [-0.3, -0.25) is 9.69 Å². The number of aryl methyl sites for hydroxylation is 1. The molecule has 0 spiro atoms. The number of carbonyl (C=O) groups excluding carboxylic acids is 1. The third-order valence-corrected chi connectivity index (χ3v) is 5.27. The van der Waals surface area contributed by atoms with Gasteiger partial charge in [0.25, 0.3) is 11.8 Å². The third-order valence-electron chi connectivity index (χ3n) is 5.27. The summed E-state index contributed by atoms with van der Waals surface area (Å²) in [4.78, 5) is 12.4. The summed E-state index contributed by atoms with van der Waals surface area (Å²) in [5, 5.41) is 14.7. The standard InChI is InChI=1S/C17H22N4.C6H7FN2O2.C2H6/c1-5-18-15-8-9-20(4)17(13(15)3)16-10-14-7-6-12(2)11-21(14)19-16;1-6(2,7)5-9-8-4(3-10)11-5;1-2/h5-7,10-11,17-18H,1,8-9H2,2-4H3;3H,1-2H3;1-2H3. The van der Waals surface area contributed by atoms with Crippen molar-refractivity contribution >= 4 is 11.8 Å². The van der Waals surface area contributed by atoms with Crippen LogP contribution in [0.5, 0.6) is 0 Å². The third kappa shape index (κ3) is 6.38. The first-order chi connectivity index (χ1) is 16.1. The zero-order valence-electron chi connectivity index (χ0n) is 21.1. The van der Waals surface area contributed by atoms with E-state index >= 15 is 0 Å². The number of aromatic nitrogens is 4. The Kier molecular flexibility index (Phi) is 9.26. The number of fused-ring (bicyclic) bond motifs is 1. The summed E-state index contributed by atoms with van der Waals surface area (Å²) < 4.78 is 19.6. The van der Waals surface area contributed by atoms with Gasteiger partial charge >= 0.3 is 0 Å². The summed E-state index contributed by atoms with van der Waals surface area (Å²) in [7, 11) is 2.16. The number of likely N-dealkylation sites (N-methyl/N-ethyl adjacent to an activating group) is 1. The molecule has 0 saturated carbocycles. The van der Waals surface area contributed by atoms with Gasteiger partial charge in [0.2, 0.25) is 6.29 Å². The SMILES string of the molecule is C=CNC1=C(C)C(c2cc3ccc(C)cn3n2)N(C)CC1.CC.CC(C)(F)c1nnc(C=O)o1. The van der Waals surface area contributed by atoms with Crippen molar-refractivity contribution in [2.24, 2.45) is 0 Å². The largest absolute Gasteiger partial charge is 0.415 e. The van der Waals surface area contributed by atoms with Crippen LogP contribution in [0.2, 0.25) is 0 Å². The van der Waals surface area contributed by atoms with Gasteiger partial charge in [0.05, 0.1) is 17.3 Å². The predicted octanol–water partition coefficient (Wildman–Crippen LogP) is 5.14. The summed E-state index contributed by atoms with van der Waals surface area (Å²) >= 11 is 0. The molecule has 1 aliphatic rings. The summed E-state index contributed by atoms with van der Waals surface area (Å²) in [6.45, 7) is 15.6. The Morgan fingerprint density at radius 1 is 1.26 bits per heavy atom. The Balaban J connectivity index is 0.000000266.